The van der Waals surface area contributed by atoms with E-state index < -0.39 is 67.8 Å². The Morgan fingerprint density at radius 3 is 2.38 bits per heavy atom. The van der Waals surface area contributed by atoms with Crippen LogP contribution in [-0.4, -0.2) is 69.0 Å². The third kappa shape index (κ3) is 4.65. The highest BCUT2D eigenvalue weighted by molar-refractivity contribution is 7.91. The topological polar surface area (TPSA) is 127 Å². The number of hydrogen-bond donors (Lipinski definition) is 2. The Hall–Kier alpha value is -3.10. The monoisotopic (exact) mass is 584 g/mol. The van der Waals surface area contributed by atoms with Gasteiger partial charge in [-0.2, -0.15) is 0 Å². The average Bonchev–Trinajstić information content (AvgIpc) is 3.34. The molecule has 3 aromatic rings. The summed E-state index contributed by atoms with van der Waals surface area (Å²) in [6, 6.07) is 8.75. The molecule has 9 nitrogen and oxygen atoms in total. The van der Waals surface area contributed by atoms with E-state index >= 15 is 8.78 Å². The molecule has 14 heteroatoms. The van der Waals surface area contributed by atoms with Crippen LogP contribution in [0.5, 0.6) is 5.75 Å². The zero-order valence-electron chi connectivity index (χ0n) is 21.5. The predicted molar refractivity (Wildman–Crippen MR) is 133 cm³/mol. The third-order valence-electron chi connectivity index (χ3n) is 8.17. The molecule has 3 aliphatic rings. The third-order valence-corrected chi connectivity index (χ3v) is 9.94. The first-order chi connectivity index (χ1) is 18.7. The highest BCUT2D eigenvalue weighted by Crippen LogP contribution is 2.80. The van der Waals surface area contributed by atoms with Crippen molar-refractivity contribution < 1.29 is 40.9 Å². The van der Waals surface area contributed by atoms with E-state index in [0.29, 0.717) is 11.8 Å². The van der Waals surface area contributed by atoms with Gasteiger partial charge in [-0.3, -0.25) is 0 Å². The predicted octanol–water partition coefficient (Wildman–Crippen LogP) is 2.77. The summed E-state index contributed by atoms with van der Waals surface area (Å²) in [5.74, 6) is -6.22. The van der Waals surface area contributed by atoms with E-state index in [4.69, 9.17) is 4.74 Å². The van der Waals surface area contributed by atoms with E-state index in [-0.39, 0.29) is 31.6 Å². The van der Waals surface area contributed by atoms with E-state index in [2.05, 4.69) is 15.5 Å². The van der Waals surface area contributed by atoms with E-state index in [9.17, 15) is 27.4 Å². The Bertz CT molecular complexity index is 1470. The molecule has 2 atom stereocenters. The van der Waals surface area contributed by atoms with E-state index in [1.165, 1.54) is 6.92 Å². The maximum atomic E-state index is 16.3. The van der Waals surface area contributed by atoms with Crippen LogP contribution in [0, 0.1) is 17.0 Å². The molecule has 216 valence electrons. The van der Waals surface area contributed by atoms with Gasteiger partial charge in [0.05, 0.1) is 12.3 Å². The van der Waals surface area contributed by atoms with Crippen LogP contribution in [0.3, 0.4) is 0 Å². The van der Waals surface area contributed by atoms with E-state index in [1.54, 1.807) is 24.3 Å². The molecule has 0 radical (unpaired) electrons. The fourth-order valence-corrected chi connectivity index (χ4v) is 7.01. The molecule has 0 aliphatic heterocycles. The Balaban J connectivity index is 1.31. The lowest BCUT2D eigenvalue weighted by molar-refractivity contribution is -0.347. The van der Waals surface area contributed by atoms with Gasteiger partial charge in [-0.1, -0.05) is 19.1 Å². The van der Waals surface area contributed by atoms with Crippen LogP contribution in [-0.2, 0) is 27.4 Å². The average molecular weight is 585 g/mol. The van der Waals surface area contributed by atoms with Crippen molar-refractivity contribution >= 4 is 9.84 Å². The number of benzene rings is 2. The zero-order chi connectivity index (χ0) is 29.0. The first-order valence-electron chi connectivity index (χ1n) is 12.6. The number of ether oxygens (including phenoxy) is 1. The smallest absolute Gasteiger partial charge is 0.287 e. The van der Waals surface area contributed by atoms with Gasteiger partial charge in [-0.15, -0.1) is 5.10 Å². The number of aliphatic hydroxyl groups is 2. The van der Waals surface area contributed by atoms with Crippen LogP contribution in [0.4, 0.5) is 17.6 Å². The molecule has 40 heavy (non-hydrogen) atoms. The molecule has 0 spiro atoms. The standard InChI is InChI=1S/C26H28F4N4O5S/c1-2-40(37,38)11-19(35)10-39-20-6-3-17(4-7-20)23-12-24(13-23,14-23)26(29,30)25(36,15-34-16-31-32-33-34)21-8-5-18(27)9-22(21)28/h3-9,16,19,35-36H,2,10-15H2,1H3/t19-,23?,24?,25+/m1/s1. The largest absolute Gasteiger partial charge is 0.491 e. The number of rotatable bonds is 12. The van der Waals surface area contributed by atoms with Crippen molar-refractivity contribution in [1.29, 1.82) is 0 Å². The summed E-state index contributed by atoms with van der Waals surface area (Å²) in [6.45, 7) is 0.420. The van der Waals surface area contributed by atoms with Crippen LogP contribution < -0.4 is 4.74 Å². The molecule has 3 aliphatic carbocycles. The molecule has 6 rings (SSSR count). The Kier molecular flexibility index (Phi) is 6.94. The number of halogens is 4. The number of alkyl halides is 2. The number of sulfone groups is 1. The van der Waals surface area contributed by atoms with Crippen LogP contribution in [0.15, 0.2) is 48.8 Å². The van der Waals surface area contributed by atoms with Crippen LogP contribution in [0.1, 0.15) is 37.3 Å². The lowest BCUT2D eigenvalue weighted by atomic mass is 9.30. The van der Waals surface area contributed by atoms with Gasteiger partial charge in [-0.05, 0) is 64.9 Å². The molecule has 0 amide bonds. The Labute approximate surface area is 227 Å². The minimum atomic E-state index is -3.83. The summed E-state index contributed by atoms with van der Waals surface area (Å²) in [6.07, 6.45) is -0.0793. The molecule has 1 aromatic heterocycles. The summed E-state index contributed by atoms with van der Waals surface area (Å²) in [7, 11) is -3.36. The lowest BCUT2D eigenvalue weighted by Crippen LogP contribution is -2.76. The van der Waals surface area contributed by atoms with Crippen molar-refractivity contribution in [3.8, 4) is 5.75 Å². The molecule has 2 N–H and O–H groups in total. The number of hydrogen-bond acceptors (Lipinski definition) is 8. The highest BCUT2D eigenvalue weighted by Gasteiger charge is 2.82. The Morgan fingerprint density at radius 2 is 1.80 bits per heavy atom. The number of nitrogens with zero attached hydrogens (tertiary/aromatic N) is 4. The molecule has 1 heterocycles. The van der Waals surface area contributed by atoms with Crippen molar-refractivity contribution in [1.82, 2.24) is 20.2 Å². The zero-order valence-corrected chi connectivity index (χ0v) is 22.3. The lowest BCUT2D eigenvalue weighted by Gasteiger charge is -2.74. The molecule has 3 fully saturated rings. The minimum absolute atomic E-state index is 0.0293. The molecule has 3 saturated carbocycles. The number of aliphatic hydroxyl groups excluding tert-OH is 1. The van der Waals surface area contributed by atoms with Gasteiger partial charge >= 0.3 is 0 Å². The quantitative estimate of drug-likeness (QED) is 0.311. The van der Waals surface area contributed by atoms with Crippen LogP contribution >= 0.6 is 0 Å². The first kappa shape index (κ1) is 28.4. The normalized spacial score (nSPS) is 24.5. The van der Waals surface area contributed by atoms with E-state index in [0.717, 1.165) is 28.7 Å². The van der Waals surface area contributed by atoms with Crippen LogP contribution in [0.25, 0.3) is 0 Å². The minimum Gasteiger partial charge on any atom is -0.491 e. The Morgan fingerprint density at radius 1 is 1.12 bits per heavy atom. The fraction of sp³-hybridized carbons (Fsp3) is 0.500. The van der Waals surface area contributed by atoms with Gasteiger partial charge < -0.3 is 14.9 Å². The number of aromatic nitrogens is 4. The highest BCUT2D eigenvalue weighted by atomic mass is 32.2. The molecule has 0 unspecified atom stereocenters. The van der Waals surface area contributed by atoms with Crippen molar-refractivity contribution in [2.45, 2.75) is 55.8 Å². The van der Waals surface area contributed by atoms with Crippen molar-refractivity contribution in [2.75, 3.05) is 18.1 Å². The molecular weight excluding hydrogens is 556 g/mol. The second-order valence-corrected chi connectivity index (χ2v) is 13.2. The maximum Gasteiger partial charge on any atom is 0.287 e. The van der Waals surface area contributed by atoms with Crippen molar-refractivity contribution in [3.63, 3.8) is 0 Å². The number of tetrazole rings is 1. The molecule has 2 aromatic carbocycles. The van der Waals surface area contributed by atoms with Gasteiger partial charge in [0.2, 0.25) is 0 Å². The van der Waals surface area contributed by atoms with Gasteiger partial charge in [0.1, 0.15) is 36.4 Å². The van der Waals surface area contributed by atoms with Gasteiger partial charge in [0.15, 0.2) is 15.4 Å². The molecule has 0 saturated heterocycles. The fourth-order valence-electron chi connectivity index (χ4n) is 6.09. The summed E-state index contributed by atoms with van der Waals surface area (Å²) < 4.78 is 90.6. The van der Waals surface area contributed by atoms with E-state index in [1.807, 2.05) is 0 Å². The van der Waals surface area contributed by atoms with Gasteiger partial charge in [-0.25, -0.2) is 30.7 Å². The van der Waals surface area contributed by atoms with Crippen molar-refractivity contribution in [3.05, 3.63) is 71.6 Å². The maximum absolute atomic E-state index is 16.3. The second kappa shape index (κ2) is 9.77. The van der Waals surface area contributed by atoms with Gasteiger partial charge in [0.25, 0.3) is 5.92 Å². The molecular formula is C26H28F4N4O5S. The van der Waals surface area contributed by atoms with Crippen molar-refractivity contribution in [2.24, 2.45) is 5.41 Å². The van der Waals surface area contributed by atoms with Gasteiger partial charge in [0, 0.05) is 22.8 Å². The summed E-state index contributed by atoms with van der Waals surface area (Å²) >= 11 is 0. The SMILES string of the molecule is CCS(=O)(=O)C[C@H](O)COc1ccc(C23CC(C(F)(F)[C@](O)(Cn4cnnn4)c4ccc(F)cc4F)(C2)C3)cc1. The summed E-state index contributed by atoms with van der Waals surface area (Å²) in [5.41, 5.74) is -5.21. The van der Waals surface area contributed by atoms with Crippen LogP contribution in [0.2, 0.25) is 0 Å². The first-order valence-corrected chi connectivity index (χ1v) is 14.5. The molecule has 2 bridgehead atoms. The summed E-state index contributed by atoms with van der Waals surface area (Å²) in [5, 5.41) is 31.7. The summed E-state index contributed by atoms with van der Waals surface area (Å²) in [4.78, 5) is 0. The second-order valence-electron chi connectivity index (χ2n) is 10.8.